The van der Waals surface area contributed by atoms with Crippen molar-refractivity contribution in [3.63, 3.8) is 0 Å². The van der Waals surface area contributed by atoms with Gasteiger partial charge in [0.1, 0.15) is 11.5 Å². The maximum Gasteiger partial charge on any atom is 0.281 e. The van der Waals surface area contributed by atoms with Crippen LogP contribution in [0.25, 0.3) is 0 Å². The Hall–Kier alpha value is -1.68. The van der Waals surface area contributed by atoms with Gasteiger partial charge in [-0.15, -0.1) is 11.3 Å². The highest BCUT2D eigenvalue weighted by Crippen LogP contribution is 2.33. The molecule has 1 fully saturated rings. The van der Waals surface area contributed by atoms with Crippen LogP contribution in [0.5, 0.6) is 0 Å². The lowest BCUT2D eigenvalue weighted by Crippen LogP contribution is -2.44. The Morgan fingerprint density at radius 1 is 1.37 bits per heavy atom. The Labute approximate surface area is 163 Å². The summed E-state index contributed by atoms with van der Waals surface area (Å²) >= 11 is 7.03. The zero-order valence-electron chi connectivity index (χ0n) is 14.1. The Kier molecular flexibility index (Phi) is 6.69. The molecule has 0 bridgehead atoms. The number of nitrogens with zero attached hydrogens (tertiary/aromatic N) is 2. The summed E-state index contributed by atoms with van der Waals surface area (Å²) in [5, 5.41) is 2.61. The van der Waals surface area contributed by atoms with Crippen molar-refractivity contribution in [3.05, 3.63) is 50.7 Å². The molecule has 1 aliphatic rings. The standard InChI is InChI=1S/C17H17ClF3N3O2S/c18-10-2-1-3-11(19)13(10)17(25)22-8-12(24-4-6-26-7-5-24)15-14(16(20)21)23-9-27-15/h1-3,9,12,16H,4-8H2,(H,22,25). The first-order chi connectivity index (χ1) is 13.0. The third kappa shape index (κ3) is 4.60. The van der Waals surface area contributed by atoms with Crippen molar-refractivity contribution in [3.8, 4) is 0 Å². The molecule has 146 valence electrons. The first-order valence-electron chi connectivity index (χ1n) is 8.24. The van der Waals surface area contributed by atoms with Crippen molar-refractivity contribution in [2.45, 2.75) is 12.5 Å². The fourth-order valence-corrected chi connectivity index (χ4v) is 4.13. The van der Waals surface area contributed by atoms with Gasteiger partial charge in [-0.1, -0.05) is 17.7 Å². The van der Waals surface area contributed by atoms with Crippen LogP contribution in [0.15, 0.2) is 23.7 Å². The van der Waals surface area contributed by atoms with Crippen LogP contribution in [0.3, 0.4) is 0 Å². The maximum atomic E-state index is 13.9. The van der Waals surface area contributed by atoms with Crippen LogP contribution in [0.2, 0.25) is 5.02 Å². The molecule has 3 rings (SSSR count). The highest BCUT2D eigenvalue weighted by molar-refractivity contribution is 7.09. The molecule has 1 amide bonds. The third-order valence-corrected chi connectivity index (χ3v) is 5.53. The number of aromatic nitrogens is 1. The largest absolute Gasteiger partial charge is 0.379 e. The quantitative estimate of drug-likeness (QED) is 0.776. The summed E-state index contributed by atoms with van der Waals surface area (Å²) in [6, 6.07) is 3.44. The molecule has 1 atom stereocenters. The summed E-state index contributed by atoms with van der Waals surface area (Å²) in [7, 11) is 0. The number of halogens is 4. The predicted octanol–water partition coefficient (Wildman–Crippen LogP) is 3.68. The topological polar surface area (TPSA) is 54.5 Å². The lowest BCUT2D eigenvalue weighted by molar-refractivity contribution is 0.0160. The summed E-state index contributed by atoms with van der Waals surface area (Å²) in [6.07, 6.45) is -2.72. The Balaban J connectivity index is 1.81. The van der Waals surface area contributed by atoms with Gasteiger partial charge in [0, 0.05) is 19.6 Å². The fourth-order valence-electron chi connectivity index (χ4n) is 2.95. The van der Waals surface area contributed by atoms with Gasteiger partial charge in [0.25, 0.3) is 12.3 Å². The molecule has 0 aliphatic carbocycles. The van der Waals surface area contributed by atoms with E-state index >= 15 is 0 Å². The number of benzene rings is 1. The van der Waals surface area contributed by atoms with Crippen LogP contribution >= 0.6 is 22.9 Å². The Bertz CT molecular complexity index is 779. The van der Waals surface area contributed by atoms with E-state index in [-0.39, 0.29) is 22.8 Å². The minimum absolute atomic E-state index is 0.0125. The lowest BCUT2D eigenvalue weighted by Gasteiger charge is -2.34. The molecule has 1 aromatic heterocycles. The van der Waals surface area contributed by atoms with Gasteiger partial charge in [0.2, 0.25) is 0 Å². The number of ether oxygens (including phenoxy) is 1. The maximum absolute atomic E-state index is 13.9. The van der Waals surface area contributed by atoms with Crippen LogP contribution < -0.4 is 5.32 Å². The Morgan fingerprint density at radius 2 is 2.11 bits per heavy atom. The molecule has 0 spiro atoms. The van der Waals surface area contributed by atoms with E-state index in [1.54, 1.807) is 0 Å². The molecule has 5 nitrogen and oxygen atoms in total. The van der Waals surface area contributed by atoms with Crippen molar-refractivity contribution in [1.82, 2.24) is 15.2 Å². The molecule has 2 heterocycles. The van der Waals surface area contributed by atoms with Crippen LogP contribution in [0, 0.1) is 5.82 Å². The zero-order valence-corrected chi connectivity index (χ0v) is 15.7. The predicted molar refractivity (Wildman–Crippen MR) is 95.9 cm³/mol. The molecule has 27 heavy (non-hydrogen) atoms. The first kappa shape index (κ1) is 20.1. The number of morpholine rings is 1. The molecular formula is C17H17ClF3N3O2S. The van der Waals surface area contributed by atoms with Gasteiger partial charge in [-0.05, 0) is 12.1 Å². The average molecular weight is 420 g/mol. The van der Waals surface area contributed by atoms with Crippen molar-refractivity contribution >= 4 is 28.8 Å². The van der Waals surface area contributed by atoms with E-state index in [2.05, 4.69) is 10.3 Å². The summed E-state index contributed by atoms with van der Waals surface area (Å²) < 4.78 is 45.9. The van der Waals surface area contributed by atoms with Crippen LogP contribution in [0.1, 0.15) is 33.4 Å². The average Bonchev–Trinajstić information content (AvgIpc) is 3.12. The first-order valence-corrected chi connectivity index (χ1v) is 9.50. The highest BCUT2D eigenvalue weighted by Gasteiger charge is 2.30. The van der Waals surface area contributed by atoms with Gasteiger partial charge in [-0.3, -0.25) is 9.69 Å². The van der Waals surface area contributed by atoms with Gasteiger partial charge in [0.05, 0.1) is 40.2 Å². The number of rotatable bonds is 6. The molecule has 0 saturated carbocycles. The van der Waals surface area contributed by atoms with Gasteiger partial charge in [0.15, 0.2) is 0 Å². The second-order valence-electron chi connectivity index (χ2n) is 5.87. The van der Waals surface area contributed by atoms with E-state index in [1.807, 2.05) is 4.90 Å². The molecule has 1 aromatic carbocycles. The van der Waals surface area contributed by atoms with Crippen LogP contribution in [-0.4, -0.2) is 48.6 Å². The second kappa shape index (κ2) is 9.01. The smallest absolute Gasteiger partial charge is 0.281 e. The van der Waals surface area contributed by atoms with Crippen molar-refractivity contribution in [2.24, 2.45) is 0 Å². The molecule has 0 radical (unpaired) electrons. The third-order valence-electron chi connectivity index (χ3n) is 4.27. The monoisotopic (exact) mass is 419 g/mol. The summed E-state index contributed by atoms with van der Waals surface area (Å²) in [6.45, 7) is 2.01. The number of carbonyl (C=O) groups excluding carboxylic acids is 1. The summed E-state index contributed by atoms with van der Waals surface area (Å²) in [4.78, 5) is 18.5. The highest BCUT2D eigenvalue weighted by atomic mass is 35.5. The van der Waals surface area contributed by atoms with Crippen molar-refractivity contribution < 1.29 is 22.7 Å². The number of amides is 1. The minimum atomic E-state index is -2.72. The van der Waals surface area contributed by atoms with E-state index in [1.165, 1.54) is 17.6 Å². The minimum Gasteiger partial charge on any atom is -0.379 e. The fraction of sp³-hybridized carbons (Fsp3) is 0.412. The summed E-state index contributed by atoms with van der Waals surface area (Å²) in [5.41, 5.74) is 0.799. The number of alkyl halides is 2. The van der Waals surface area contributed by atoms with Gasteiger partial charge in [-0.2, -0.15) is 0 Å². The lowest BCUT2D eigenvalue weighted by atomic mass is 10.1. The Morgan fingerprint density at radius 3 is 2.78 bits per heavy atom. The number of hydrogen-bond donors (Lipinski definition) is 1. The van der Waals surface area contributed by atoms with E-state index in [0.717, 1.165) is 17.4 Å². The van der Waals surface area contributed by atoms with Crippen molar-refractivity contribution in [2.75, 3.05) is 32.8 Å². The number of nitrogens with one attached hydrogen (secondary N) is 1. The van der Waals surface area contributed by atoms with Crippen molar-refractivity contribution in [1.29, 1.82) is 0 Å². The summed E-state index contributed by atoms with van der Waals surface area (Å²) in [5.74, 6) is -1.44. The molecule has 1 aliphatic heterocycles. The molecule has 1 N–H and O–H groups in total. The van der Waals surface area contributed by atoms with E-state index in [0.29, 0.717) is 31.2 Å². The molecule has 1 saturated heterocycles. The number of thiazole rings is 1. The van der Waals surface area contributed by atoms with E-state index < -0.39 is 24.2 Å². The van der Waals surface area contributed by atoms with Gasteiger partial charge < -0.3 is 10.1 Å². The van der Waals surface area contributed by atoms with Crippen LogP contribution in [0.4, 0.5) is 13.2 Å². The zero-order chi connectivity index (χ0) is 19.4. The number of hydrogen-bond acceptors (Lipinski definition) is 5. The SMILES string of the molecule is O=C(NCC(c1scnc1C(F)F)N1CCOCC1)c1c(F)cccc1Cl. The normalized spacial score (nSPS) is 16.5. The number of carbonyl (C=O) groups is 1. The van der Waals surface area contributed by atoms with E-state index in [9.17, 15) is 18.0 Å². The van der Waals surface area contributed by atoms with Crippen LogP contribution in [-0.2, 0) is 4.74 Å². The molecular weight excluding hydrogens is 403 g/mol. The molecule has 2 aromatic rings. The van der Waals surface area contributed by atoms with Gasteiger partial charge in [-0.25, -0.2) is 18.2 Å². The van der Waals surface area contributed by atoms with E-state index in [4.69, 9.17) is 16.3 Å². The molecule has 1 unspecified atom stereocenters. The second-order valence-corrected chi connectivity index (χ2v) is 7.17. The molecule has 10 heteroatoms. The van der Waals surface area contributed by atoms with Gasteiger partial charge >= 0.3 is 0 Å².